The molecule has 1 fully saturated rings. The summed E-state index contributed by atoms with van der Waals surface area (Å²) in [5, 5.41) is 2.93. The van der Waals surface area contributed by atoms with E-state index in [1.165, 1.54) is 12.1 Å². The molecule has 1 aliphatic rings. The molecule has 1 aromatic rings. The quantitative estimate of drug-likeness (QED) is 0.871. The molecule has 20 heavy (non-hydrogen) atoms. The summed E-state index contributed by atoms with van der Waals surface area (Å²) < 4.78 is 28.3. The van der Waals surface area contributed by atoms with Crippen molar-refractivity contribution in [3.8, 4) is 5.75 Å². The Bertz CT molecular complexity index is 428. The SMILES string of the molecule is O=C(NCCc1ccc(OC(F)F)cc1)C1CCCC1. The van der Waals surface area contributed by atoms with Crippen LogP contribution in [0.5, 0.6) is 5.75 Å². The topological polar surface area (TPSA) is 38.3 Å². The lowest BCUT2D eigenvalue weighted by molar-refractivity contribution is -0.124. The van der Waals surface area contributed by atoms with Crippen molar-refractivity contribution in [1.29, 1.82) is 0 Å². The Morgan fingerprint density at radius 2 is 1.90 bits per heavy atom. The third-order valence-electron chi connectivity index (χ3n) is 3.59. The zero-order chi connectivity index (χ0) is 14.4. The Kier molecular flexibility index (Phi) is 5.32. The van der Waals surface area contributed by atoms with Gasteiger partial charge >= 0.3 is 6.61 Å². The number of carbonyl (C=O) groups excluding carboxylic acids is 1. The highest BCUT2D eigenvalue weighted by Gasteiger charge is 2.21. The molecule has 2 rings (SSSR count). The first kappa shape index (κ1) is 14.8. The molecule has 0 bridgehead atoms. The van der Waals surface area contributed by atoms with Gasteiger partial charge in [-0.2, -0.15) is 8.78 Å². The van der Waals surface area contributed by atoms with Crippen molar-refractivity contribution in [3.05, 3.63) is 29.8 Å². The summed E-state index contributed by atoms with van der Waals surface area (Å²) in [6, 6.07) is 6.50. The largest absolute Gasteiger partial charge is 0.435 e. The minimum absolute atomic E-state index is 0.139. The maximum Gasteiger partial charge on any atom is 0.387 e. The molecule has 0 heterocycles. The van der Waals surface area contributed by atoms with E-state index in [9.17, 15) is 13.6 Å². The second-order valence-corrected chi connectivity index (χ2v) is 5.04. The van der Waals surface area contributed by atoms with Gasteiger partial charge in [0.25, 0.3) is 0 Å². The van der Waals surface area contributed by atoms with Crippen molar-refractivity contribution in [2.45, 2.75) is 38.7 Å². The van der Waals surface area contributed by atoms with Gasteiger partial charge in [-0.1, -0.05) is 25.0 Å². The van der Waals surface area contributed by atoms with Crippen molar-refractivity contribution in [1.82, 2.24) is 5.32 Å². The van der Waals surface area contributed by atoms with Crippen LogP contribution in [0.2, 0.25) is 0 Å². The smallest absolute Gasteiger partial charge is 0.387 e. The molecule has 1 aliphatic carbocycles. The molecule has 1 N–H and O–H groups in total. The second-order valence-electron chi connectivity index (χ2n) is 5.04. The molecular weight excluding hydrogens is 264 g/mol. The number of benzene rings is 1. The summed E-state index contributed by atoms with van der Waals surface area (Å²) in [4.78, 5) is 11.8. The number of amides is 1. The van der Waals surface area contributed by atoms with Crippen LogP contribution < -0.4 is 10.1 Å². The summed E-state index contributed by atoms with van der Waals surface area (Å²) in [6.45, 7) is -2.23. The van der Waals surface area contributed by atoms with Crippen LogP contribution in [0.1, 0.15) is 31.2 Å². The lowest BCUT2D eigenvalue weighted by Crippen LogP contribution is -2.30. The molecule has 3 nitrogen and oxygen atoms in total. The Morgan fingerprint density at radius 1 is 1.25 bits per heavy atom. The second kappa shape index (κ2) is 7.22. The van der Waals surface area contributed by atoms with Crippen molar-refractivity contribution >= 4 is 5.91 Å². The van der Waals surface area contributed by atoms with Gasteiger partial charge in [-0.3, -0.25) is 4.79 Å². The molecule has 0 saturated heterocycles. The fourth-order valence-electron chi connectivity index (χ4n) is 2.50. The average Bonchev–Trinajstić information content (AvgIpc) is 2.94. The average molecular weight is 283 g/mol. The van der Waals surface area contributed by atoms with Gasteiger partial charge in [-0.15, -0.1) is 0 Å². The Morgan fingerprint density at radius 3 is 2.50 bits per heavy atom. The molecule has 5 heteroatoms. The fraction of sp³-hybridized carbons (Fsp3) is 0.533. The van der Waals surface area contributed by atoms with Gasteiger partial charge in [-0.05, 0) is 37.0 Å². The number of nitrogens with one attached hydrogen (secondary N) is 1. The summed E-state index contributed by atoms with van der Waals surface area (Å²) in [6.07, 6.45) is 4.96. The van der Waals surface area contributed by atoms with E-state index in [4.69, 9.17) is 0 Å². The number of hydrogen-bond donors (Lipinski definition) is 1. The Labute approximate surface area is 117 Å². The normalized spacial score (nSPS) is 15.6. The molecule has 0 aliphatic heterocycles. The van der Waals surface area contributed by atoms with Crippen molar-refractivity contribution < 1.29 is 18.3 Å². The van der Waals surface area contributed by atoms with Crippen molar-refractivity contribution in [2.24, 2.45) is 5.92 Å². The summed E-state index contributed by atoms with van der Waals surface area (Å²) in [7, 11) is 0. The van der Waals surface area contributed by atoms with E-state index >= 15 is 0 Å². The van der Waals surface area contributed by atoms with Crippen LogP contribution in [0.25, 0.3) is 0 Å². The maximum atomic E-state index is 12.0. The third kappa shape index (κ3) is 4.47. The molecule has 0 radical (unpaired) electrons. The van der Waals surface area contributed by atoms with Crippen LogP contribution in [0.3, 0.4) is 0 Å². The van der Waals surface area contributed by atoms with E-state index in [1.807, 2.05) is 0 Å². The highest BCUT2D eigenvalue weighted by molar-refractivity contribution is 5.78. The number of rotatable bonds is 6. The lowest BCUT2D eigenvalue weighted by atomic mass is 10.1. The van der Waals surface area contributed by atoms with E-state index in [2.05, 4.69) is 10.1 Å². The lowest BCUT2D eigenvalue weighted by Gasteiger charge is -2.10. The van der Waals surface area contributed by atoms with Crippen LogP contribution in [0.15, 0.2) is 24.3 Å². The predicted octanol–water partition coefficient (Wildman–Crippen LogP) is 3.14. The summed E-state index contributed by atoms with van der Waals surface area (Å²) in [5.74, 6) is 0.468. The van der Waals surface area contributed by atoms with E-state index in [-0.39, 0.29) is 17.6 Å². The molecule has 0 aromatic heterocycles. The van der Waals surface area contributed by atoms with Gasteiger partial charge in [0.05, 0.1) is 0 Å². The van der Waals surface area contributed by atoms with Gasteiger partial charge in [0, 0.05) is 12.5 Å². The van der Waals surface area contributed by atoms with E-state index in [1.54, 1.807) is 12.1 Å². The van der Waals surface area contributed by atoms with Crippen LogP contribution in [0, 0.1) is 5.92 Å². The van der Waals surface area contributed by atoms with Gasteiger partial charge in [-0.25, -0.2) is 0 Å². The molecule has 0 atom stereocenters. The standard InChI is InChI=1S/C15H19F2NO2/c16-15(17)20-13-7-5-11(6-8-13)9-10-18-14(19)12-3-1-2-4-12/h5-8,12,15H,1-4,9-10H2,(H,18,19). The van der Waals surface area contributed by atoms with Crippen LogP contribution in [0.4, 0.5) is 8.78 Å². The number of hydrogen-bond acceptors (Lipinski definition) is 2. The molecule has 0 spiro atoms. The Balaban J connectivity index is 1.72. The zero-order valence-electron chi connectivity index (χ0n) is 11.3. The van der Waals surface area contributed by atoms with E-state index in [0.29, 0.717) is 13.0 Å². The van der Waals surface area contributed by atoms with E-state index in [0.717, 1.165) is 31.2 Å². The van der Waals surface area contributed by atoms with Gasteiger partial charge < -0.3 is 10.1 Å². The monoisotopic (exact) mass is 283 g/mol. The number of halogens is 2. The molecule has 110 valence electrons. The number of carbonyl (C=O) groups is 1. The predicted molar refractivity (Wildman–Crippen MR) is 71.7 cm³/mol. The minimum Gasteiger partial charge on any atom is -0.435 e. The van der Waals surface area contributed by atoms with Crippen LogP contribution >= 0.6 is 0 Å². The minimum atomic E-state index is -2.80. The molecule has 1 aromatic carbocycles. The van der Waals surface area contributed by atoms with Crippen molar-refractivity contribution in [2.75, 3.05) is 6.54 Å². The maximum absolute atomic E-state index is 12.0. The third-order valence-corrected chi connectivity index (χ3v) is 3.59. The van der Waals surface area contributed by atoms with Gasteiger partial charge in [0.1, 0.15) is 5.75 Å². The van der Waals surface area contributed by atoms with E-state index < -0.39 is 6.61 Å². The zero-order valence-corrected chi connectivity index (χ0v) is 11.3. The number of alkyl halides is 2. The molecular formula is C15H19F2NO2. The molecule has 1 saturated carbocycles. The van der Waals surface area contributed by atoms with Gasteiger partial charge in [0.2, 0.25) is 5.91 Å². The Hall–Kier alpha value is -1.65. The number of ether oxygens (including phenoxy) is 1. The first-order valence-corrected chi connectivity index (χ1v) is 6.96. The molecule has 1 amide bonds. The summed E-state index contributed by atoms with van der Waals surface area (Å²) >= 11 is 0. The molecule has 0 unspecified atom stereocenters. The van der Waals surface area contributed by atoms with Crippen LogP contribution in [-0.4, -0.2) is 19.1 Å². The van der Waals surface area contributed by atoms with Gasteiger partial charge in [0.15, 0.2) is 0 Å². The van der Waals surface area contributed by atoms with Crippen LogP contribution in [-0.2, 0) is 11.2 Å². The highest BCUT2D eigenvalue weighted by Crippen LogP contribution is 2.24. The first-order chi connectivity index (χ1) is 9.65. The van der Waals surface area contributed by atoms with Crippen molar-refractivity contribution in [3.63, 3.8) is 0 Å². The first-order valence-electron chi connectivity index (χ1n) is 6.96. The fourth-order valence-corrected chi connectivity index (χ4v) is 2.50. The summed E-state index contributed by atoms with van der Waals surface area (Å²) in [5.41, 5.74) is 0.985. The highest BCUT2D eigenvalue weighted by atomic mass is 19.3.